The lowest BCUT2D eigenvalue weighted by atomic mass is 10.1. The molecule has 1 rings (SSSR count). The minimum absolute atomic E-state index is 0.131. The van der Waals surface area contributed by atoms with E-state index in [0.717, 1.165) is 11.5 Å². The van der Waals surface area contributed by atoms with Gasteiger partial charge in [-0.05, 0) is 26.0 Å². The van der Waals surface area contributed by atoms with E-state index < -0.39 is 0 Å². The zero-order chi connectivity index (χ0) is 7.56. The van der Waals surface area contributed by atoms with Gasteiger partial charge >= 0.3 is 0 Å². The molecule has 0 aliphatic heterocycles. The zero-order valence-corrected chi connectivity index (χ0v) is 6.09. The van der Waals surface area contributed by atoms with Gasteiger partial charge in [0.2, 0.25) is 0 Å². The highest BCUT2D eigenvalue weighted by molar-refractivity contribution is 5.14. The van der Waals surface area contributed by atoms with E-state index in [1.54, 1.807) is 0 Å². The molecular weight excluding hydrogens is 126 g/mol. The van der Waals surface area contributed by atoms with Crippen LogP contribution >= 0.6 is 0 Å². The third-order valence-electron chi connectivity index (χ3n) is 1.38. The Morgan fingerprint density at radius 3 is 2.70 bits per heavy atom. The first-order chi connectivity index (χ1) is 4.74. The van der Waals surface area contributed by atoms with Crippen LogP contribution in [0.15, 0.2) is 16.5 Å². The fourth-order valence-electron chi connectivity index (χ4n) is 0.750. The van der Waals surface area contributed by atoms with E-state index >= 15 is 0 Å². The van der Waals surface area contributed by atoms with Crippen LogP contribution in [-0.4, -0.2) is 0 Å². The Hall–Kier alpha value is -1.23. The van der Waals surface area contributed by atoms with Gasteiger partial charge in [0.05, 0.1) is 6.07 Å². The fraction of sp³-hybridized carbons (Fsp3) is 0.375. The molecule has 1 unspecified atom stereocenters. The predicted octanol–water partition coefficient (Wildman–Crippen LogP) is 2.22. The first-order valence-corrected chi connectivity index (χ1v) is 3.20. The fourth-order valence-corrected chi connectivity index (χ4v) is 0.750. The molecule has 0 amide bonds. The van der Waals surface area contributed by atoms with Crippen LogP contribution in [0.1, 0.15) is 24.4 Å². The van der Waals surface area contributed by atoms with Gasteiger partial charge in [0, 0.05) is 0 Å². The lowest BCUT2D eigenvalue weighted by molar-refractivity contribution is 0.476. The van der Waals surface area contributed by atoms with E-state index in [0.29, 0.717) is 0 Å². The summed E-state index contributed by atoms with van der Waals surface area (Å²) in [6, 6.07) is 5.80. The Kier molecular flexibility index (Phi) is 1.77. The summed E-state index contributed by atoms with van der Waals surface area (Å²) in [4.78, 5) is 0. The quantitative estimate of drug-likeness (QED) is 0.592. The Bertz CT molecular complexity index is 256. The number of rotatable bonds is 1. The largest absolute Gasteiger partial charge is 0.465 e. The van der Waals surface area contributed by atoms with Gasteiger partial charge in [0.1, 0.15) is 17.4 Å². The van der Waals surface area contributed by atoms with E-state index in [-0.39, 0.29) is 5.92 Å². The number of hydrogen-bond donors (Lipinski definition) is 0. The van der Waals surface area contributed by atoms with Gasteiger partial charge in [-0.3, -0.25) is 0 Å². The van der Waals surface area contributed by atoms with Crippen molar-refractivity contribution in [2.24, 2.45) is 0 Å². The molecule has 10 heavy (non-hydrogen) atoms. The summed E-state index contributed by atoms with van der Waals surface area (Å²) >= 11 is 0. The van der Waals surface area contributed by atoms with Gasteiger partial charge in [-0.2, -0.15) is 5.26 Å². The Balaban J connectivity index is 2.87. The van der Waals surface area contributed by atoms with Gasteiger partial charge in [-0.25, -0.2) is 0 Å². The maximum atomic E-state index is 8.49. The zero-order valence-electron chi connectivity index (χ0n) is 6.09. The van der Waals surface area contributed by atoms with Crippen molar-refractivity contribution in [1.82, 2.24) is 0 Å². The van der Waals surface area contributed by atoms with Crippen molar-refractivity contribution in [3.63, 3.8) is 0 Å². The molecule has 1 atom stereocenters. The molecule has 1 heterocycles. The molecule has 1 aromatic rings. The van der Waals surface area contributed by atoms with Crippen molar-refractivity contribution in [3.05, 3.63) is 23.7 Å². The summed E-state index contributed by atoms with van der Waals surface area (Å²) < 4.78 is 5.21. The first-order valence-electron chi connectivity index (χ1n) is 3.20. The van der Waals surface area contributed by atoms with Crippen molar-refractivity contribution >= 4 is 0 Å². The summed E-state index contributed by atoms with van der Waals surface area (Å²) in [6.45, 7) is 3.69. The van der Waals surface area contributed by atoms with Crippen molar-refractivity contribution in [2.45, 2.75) is 19.8 Å². The molecule has 0 spiro atoms. The summed E-state index contributed by atoms with van der Waals surface area (Å²) in [5, 5.41) is 8.49. The molecule has 1 aromatic heterocycles. The van der Waals surface area contributed by atoms with E-state index in [1.807, 2.05) is 26.0 Å². The third-order valence-corrected chi connectivity index (χ3v) is 1.38. The molecule has 0 bridgehead atoms. The lowest BCUT2D eigenvalue weighted by Gasteiger charge is -1.93. The maximum absolute atomic E-state index is 8.49. The van der Waals surface area contributed by atoms with Gasteiger partial charge in [0.15, 0.2) is 0 Å². The van der Waals surface area contributed by atoms with Gasteiger partial charge in [-0.15, -0.1) is 0 Å². The van der Waals surface area contributed by atoms with Crippen LogP contribution in [0.3, 0.4) is 0 Å². The van der Waals surface area contributed by atoms with E-state index in [1.165, 1.54) is 0 Å². The number of furan rings is 1. The van der Waals surface area contributed by atoms with E-state index in [4.69, 9.17) is 9.68 Å². The second-order valence-corrected chi connectivity index (χ2v) is 2.30. The highest BCUT2D eigenvalue weighted by Gasteiger charge is 2.06. The average Bonchev–Trinajstić information content (AvgIpc) is 2.34. The van der Waals surface area contributed by atoms with Crippen LogP contribution in [0.4, 0.5) is 0 Å². The number of aryl methyl sites for hydroxylation is 1. The normalized spacial score (nSPS) is 12.5. The van der Waals surface area contributed by atoms with Crippen LogP contribution in [-0.2, 0) is 0 Å². The molecule has 0 N–H and O–H groups in total. The van der Waals surface area contributed by atoms with Crippen molar-refractivity contribution in [1.29, 1.82) is 5.26 Å². The van der Waals surface area contributed by atoms with Crippen LogP contribution in [0.5, 0.6) is 0 Å². The first kappa shape index (κ1) is 6.88. The second kappa shape index (κ2) is 2.57. The number of hydrogen-bond acceptors (Lipinski definition) is 2. The summed E-state index contributed by atoms with van der Waals surface area (Å²) in [7, 11) is 0. The topological polar surface area (TPSA) is 36.9 Å². The van der Waals surface area contributed by atoms with Gasteiger partial charge in [0.25, 0.3) is 0 Å². The van der Waals surface area contributed by atoms with Crippen LogP contribution in [0, 0.1) is 18.3 Å². The smallest absolute Gasteiger partial charge is 0.121 e. The molecule has 0 saturated heterocycles. The monoisotopic (exact) mass is 135 g/mol. The van der Waals surface area contributed by atoms with E-state index in [2.05, 4.69) is 6.07 Å². The summed E-state index contributed by atoms with van der Waals surface area (Å²) in [6.07, 6.45) is 0. The van der Waals surface area contributed by atoms with E-state index in [9.17, 15) is 0 Å². The van der Waals surface area contributed by atoms with Crippen molar-refractivity contribution < 1.29 is 4.42 Å². The summed E-state index contributed by atoms with van der Waals surface area (Å²) in [5.41, 5.74) is 0. The Labute approximate surface area is 60.1 Å². The van der Waals surface area contributed by atoms with Crippen LogP contribution in [0.2, 0.25) is 0 Å². The molecule has 0 radical (unpaired) electrons. The second-order valence-electron chi connectivity index (χ2n) is 2.30. The van der Waals surface area contributed by atoms with Crippen molar-refractivity contribution in [2.75, 3.05) is 0 Å². The minimum Gasteiger partial charge on any atom is -0.465 e. The molecule has 2 heteroatoms. The highest BCUT2D eigenvalue weighted by atomic mass is 16.3. The number of nitriles is 1. The molecular formula is C8H9NO. The predicted molar refractivity (Wildman–Crippen MR) is 37.5 cm³/mol. The molecule has 2 nitrogen and oxygen atoms in total. The molecule has 0 saturated carbocycles. The average molecular weight is 135 g/mol. The molecule has 52 valence electrons. The summed E-state index contributed by atoms with van der Waals surface area (Å²) in [5.74, 6) is 1.48. The standard InChI is InChI=1S/C8H9NO/c1-6(5-9)8-4-3-7(2)10-8/h3-4,6H,1-2H3. The molecule has 0 aliphatic rings. The molecule has 0 fully saturated rings. The molecule has 0 aromatic carbocycles. The van der Waals surface area contributed by atoms with Crippen LogP contribution < -0.4 is 0 Å². The third kappa shape index (κ3) is 1.19. The van der Waals surface area contributed by atoms with Crippen molar-refractivity contribution in [3.8, 4) is 6.07 Å². The highest BCUT2D eigenvalue weighted by Crippen LogP contribution is 2.16. The van der Waals surface area contributed by atoms with Crippen LogP contribution in [0.25, 0.3) is 0 Å². The Morgan fingerprint density at radius 1 is 1.60 bits per heavy atom. The Morgan fingerprint density at radius 2 is 2.30 bits per heavy atom. The minimum atomic E-state index is -0.131. The number of nitrogens with zero attached hydrogens (tertiary/aromatic N) is 1. The van der Waals surface area contributed by atoms with Gasteiger partial charge < -0.3 is 4.42 Å². The molecule has 0 aliphatic carbocycles. The van der Waals surface area contributed by atoms with Gasteiger partial charge in [-0.1, -0.05) is 0 Å². The lowest BCUT2D eigenvalue weighted by Crippen LogP contribution is -1.83. The SMILES string of the molecule is Cc1ccc(C(C)C#N)o1. The maximum Gasteiger partial charge on any atom is 0.121 e.